The Kier molecular flexibility index (Phi) is 3.51. The van der Waals surface area contributed by atoms with Crippen molar-refractivity contribution in [1.29, 1.82) is 0 Å². The molecule has 94 valence electrons. The molecule has 3 heteroatoms. The van der Waals surface area contributed by atoms with Gasteiger partial charge in [-0.3, -0.25) is 0 Å². The first-order valence-electron chi connectivity index (χ1n) is 5.80. The lowest BCUT2D eigenvalue weighted by molar-refractivity contribution is 0.303. The molecule has 0 aliphatic carbocycles. The van der Waals surface area contributed by atoms with Crippen molar-refractivity contribution in [2.24, 2.45) is 0 Å². The number of benzene rings is 2. The topological polar surface area (TPSA) is 35.2 Å². The van der Waals surface area contributed by atoms with Gasteiger partial charge in [-0.1, -0.05) is 12.1 Å². The van der Waals surface area contributed by atoms with Gasteiger partial charge in [0.25, 0.3) is 0 Å². The first kappa shape index (κ1) is 12.4. The molecule has 2 aromatic carbocycles. The minimum absolute atomic E-state index is 0.249. The molecule has 0 bridgehead atoms. The van der Waals surface area contributed by atoms with E-state index in [2.05, 4.69) is 0 Å². The number of aryl methyl sites for hydroxylation is 2. The van der Waals surface area contributed by atoms with Crippen LogP contribution in [0.1, 0.15) is 16.7 Å². The van der Waals surface area contributed by atoms with Gasteiger partial charge < -0.3 is 10.5 Å². The molecular weight excluding hydrogens is 229 g/mol. The highest BCUT2D eigenvalue weighted by Crippen LogP contribution is 2.25. The Balaban J connectivity index is 2.13. The van der Waals surface area contributed by atoms with Crippen LogP contribution in [0.25, 0.3) is 0 Å². The maximum Gasteiger partial charge on any atom is 0.123 e. The van der Waals surface area contributed by atoms with Crippen molar-refractivity contribution in [1.82, 2.24) is 0 Å². The van der Waals surface area contributed by atoms with Crippen molar-refractivity contribution < 1.29 is 9.13 Å². The molecule has 0 atom stereocenters. The van der Waals surface area contributed by atoms with Gasteiger partial charge in [-0.25, -0.2) is 4.39 Å². The van der Waals surface area contributed by atoms with Gasteiger partial charge in [0.15, 0.2) is 0 Å². The Hall–Kier alpha value is -2.03. The summed E-state index contributed by atoms with van der Waals surface area (Å²) in [6, 6.07) is 10.2. The minimum atomic E-state index is -0.249. The highest BCUT2D eigenvalue weighted by atomic mass is 19.1. The van der Waals surface area contributed by atoms with Gasteiger partial charge in [-0.2, -0.15) is 0 Å². The summed E-state index contributed by atoms with van der Waals surface area (Å²) in [6.45, 7) is 4.22. The van der Waals surface area contributed by atoms with Crippen LogP contribution in [0.15, 0.2) is 36.4 Å². The molecule has 0 saturated carbocycles. The van der Waals surface area contributed by atoms with Crippen molar-refractivity contribution in [2.75, 3.05) is 5.73 Å². The smallest absolute Gasteiger partial charge is 0.123 e. The lowest BCUT2D eigenvalue weighted by Gasteiger charge is -2.11. The zero-order chi connectivity index (χ0) is 13.1. The fourth-order valence-corrected chi connectivity index (χ4v) is 1.76. The monoisotopic (exact) mass is 245 g/mol. The Morgan fingerprint density at radius 3 is 2.61 bits per heavy atom. The van der Waals surface area contributed by atoms with E-state index in [1.165, 1.54) is 12.1 Å². The average molecular weight is 245 g/mol. The van der Waals surface area contributed by atoms with Crippen LogP contribution in [0.4, 0.5) is 10.1 Å². The number of rotatable bonds is 3. The third-order valence-electron chi connectivity index (χ3n) is 2.85. The van der Waals surface area contributed by atoms with Crippen LogP contribution in [0.3, 0.4) is 0 Å². The quantitative estimate of drug-likeness (QED) is 0.838. The molecule has 18 heavy (non-hydrogen) atoms. The molecule has 0 aliphatic heterocycles. The molecular formula is C15H16FNO. The van der Waals surface area contributed by atoms with E-state index in [-0.39, 0.29) is 5.82 Å². The fraction of sp³-hybridized carbons (Fsp3) is 0.200. The van der Waals surface area contributed by atoms with E-state index in [0.717, 1.165) is 28.1 Å². The number of nitrogen functional groups attached to an aromatic ring is 1. The van der Waals surface area contributed by atoms with Gasteiger partial charge in [0.1, 0.15) is 18.2 Å². The summed E-state index contributed by atoms with van der Waals surface area (Å²) in [4.78, 5) is 0. The SMILES string of the molecule is Cc1cc(OCc2cccc(F)c2)c(C)cc1N. The van der Waals surface area contributed by atoms with Gasteiger partial charge in [-0.05, 0) is 54.8 Å². The van der Waals surface area contributed by atoms with E-state index < -0.39 is 0 Å². The molecule has 2 aromatic rings. The molecule has 0 heterocycles. The summed E-state index contributed by atoms with van der Waals surface area (Å²) in [5.74, 6) is 0.535. The summed E-state index contributed by atoms with van der Waals surface area (Å²) >= 11 is 0. The van der Waals surface area contributed by atoms with Crippen molar-refractivity contribution in [3.05, 3.63) is 58.9 Å². The van der Waals surface area contributed by atoms with Gasteiger partial charge >= 0.3 is 0 Å². The van der Waals surface area contributed by atoms with E-state index in [9.17, 15) is 4.39 Å². The van der Waals surface area contributed by atoms with Gasteiger partial charge in [-0.15, -0.1) is 0 Å². The molecule has 0 unspecified atom stereocenters. The lowest BCUT2D eigenvalue weighted by atomic mass is 10.1. The number of halogens is 1. The number of nitrogens with two attached hydrogens (primary N) is 1. The summed E-state index contributed by atoms with van der Waals surface area (Å²) in [5.41, 5.74) is 9.34. The predicted molar refractivity (Wildman–Crippen MR) is 71.1 cm³/mol. The maximum atomic E-state index is 13.0. The van der Waals surface area contributed by atoms with Gasteiger partial charge in [0.05, 0.1) is 0 Å². The average Bonchev–Trinajstić information content (AvgIpc) is 2.32. The Morgan fingerprint density at radius 1 is 1.11 bits per heavy atom. The molecule has 0 aromatic heterocycles. The highest BCUT2D eigenvalue weighted by molar-refractivity contribution is 5.53. The third-order valence-corrected chi connectivity index (χ3v) is 2.85. The van der Waals surface area contributed by atoms with Crippen molar-refractivity contribution in [3.8, 4) is 5.75 Å². The van der Waals surface area contributed by atoms with Crippen molar-refractivity contribution in [3.63, 3.8) is 0 Å². The molecule has 0 radical (unpaired) electrons. The zero-order valence-corrected chi connectivity index (χ0v) is 10.5. The molecule has 0 aliphatic rings. The third kappa shape index (κ3) is 2.80. The van der Waals surface area contributed by atoms with Crippen LogP contribution in [-0.4, -0.2) is 0 Å². The van der Waals surface area contributed by atoms with Crippen LogP contribution < -0.4 is 10.5 Å². The predicted octanol–water partition coefficient (Wildman–Crippen LogP) is 3.60. The van der Waals surface area contributed by atoms with E-state index in [1.807, 2.05) is 32.0 Å². The van der Waals surface area contributed by atoms with Crippen LogP contribution >= 0.6 is 0 Å². The standard InChI is InChI=1S/C15H16FNO/c1-10-7-15(11(2)6-14(10)17)18-9-12-4-3-5-13(16)8-12/h3-8H,9,17H2,1-2H3. The van der Waals surface area contributed by atoms with Crippen LogP contribution in [0.5, 0.6) is 5.75 Å². The van der Waals surface area contributed by atoms with E-state index in [0.29, 0.717) is 6.61 Å². The summed E-state index contributed by atoms with van der Waals surface area (Å²) < 4.78 is 18.7. The second-order valence-electron chi connectivity index (χ2n) is 4.39. The van der Waals surface area contributed by atoms with E-state index in [1.54, 1.807) is 6.07 Å². The van der Waals surface area contributed by atoms with Gasteiger partial charge in [0.2, 0.25) is 0 Å². The molecule has 0 fully saturated rings. The first-order valence-corrected chi connectivity index (χ1v) is 5.80. The summed E-state index contributed by atoms with van der Waals surface area (Å²) in [6.07, 6.45) is 0. The second-order valence-corrected chi connectivity index (χ2v) is 4.39. The maximum absolute atomic E-state index is 13.0. The van der Waals surface area contributed by atoms with E-state index in [4.69, 9.17) is 10.5 Å². The number of ether oxygens (including phenoxy) is 1. The molecule has 0 spiro atoms. The first-order chi connectivity index (χ1) is 8.56. The number of hydrogen-bond donors (Lipinski definition) is 1. The lowest BCUT2D eigenvalue weighted by Crippen LogP contribution is -1.99. The molecule has 2 rings (SSSR count). The normalized spacial score (nSPS) is 10.4. The summed E-state index contributed by atoms with van der Waals surface area (Å²) in [7, 11) is 0. The Labute approximate surface area is 106 Å². The molecule has 2 nitrogen and oxygen atoms in total. The minimum Gasteiger partial charge on any atom is -0.489 e. The van der Waals surface area contributed by atoms with Crippen LogP contribution in [-0.2, 0) is 6.61 Å². The second kappa shape index (κ2) is 5.08. The zero-order valence-electron chi connectivity index (χ0n) is 10.5. The summed E-state index contributed by atoms with van der Waals surface area (Å²) in [5, 5.41) is 0. The van der Waals surface area contributed by atoms with Gasteiger partial charge in [0, 0.05) is 5.69 Å². The molecule has 0 saturated heterocycles. The molecule has 0 amide bonds. The molecule has 2 N–H and O–H groups in total. The Morgan fingerprint density at radius 2 is 1.89 bits per heavy atom. The van der Waals surface area contributed by atoms with Crippen molar-refractivity contribution >= 4 is 5.69 Å². The van der Waals surface area contributed by atoms with Crippen molar-refractivity contribution in [2.45, 2.75) is 20.5 Å². The van der Waals surface area contributed by atoms with E-state index >= 15 is 0 Å². The fourth-order valence-electron chi connectivity index (χ4n) is 1.76. The van der Waals surface area contributed by atoms with Crippen LogP contribution in [0.2, 0.25) is 0 Å². The number of hydrogen-bond acceptors (Lipinski definition) is 2. The van der Waals surface area contributed by atoms with Crippen LogP contribution in [0, 0.1) is 19.7 Å². The Bertz CT molecular complexity index is 566. The number of anilines is 1. The largest absolute Gasteiger partial charge is 0.489 e. The highest BCUT2D eigenvalue weighted by Gasteiger charge is 2.04.